The van der Waals surface area contributed by atoms with Crippen molar-refractivity contribution in [1.29, 1.82) is 0 Å². The van der Waals surface area contributed by atoms with Crippen LogP contribution >= 0.6 is 11.3 Å². The molecule has 2 aliphatic heterocycles. The number of likely N-dealkylation sites (tertiary alicyclic amines) is 2. The van der Waals surface area contributed by atoms with E-state index in [9.17, 15) is 9.59 Å². The van der Waals surface area contributed by atoms with Gasteiger partial charge in [-0.15, -0.1) is 11.3 Å². The number of ether oxygens (including phenoxy) is 1. The first kappa shape index (κ1) is 16.5. The van der Waals surface area contributed by atoms with E-state index in [1.54, 1.807) is 18.2 Å². The van der Waals surface area contributed by atoms with Crippen LogP contribution in [0.3, 0.4) is 0 Å². The lowest BCUT2D eigenvalue weighted by Gasteiger charge is -2.39. The molecule has 0 radical (unpaired) electrons. The van der Waals surface area contributed by atoms with Crippen LogP contribution in [0.15, 0.2) is 17.8 Å². The number of nitrogens with zero attached hydrogens (tertiary/aromatic N) is 4. The van der Waals surface area contributed by atoms with E-state index in [4.69, 9.17) is 4.74 Å². The summed E-state index contributed by atoms with van der Waals surface area (Å²) in [5.41, 5.74) is 0.0436. The minimum Gasteiger partial charge on any atom is -0.383 e. The summed E-state index contributed by atoms with van der Waals surface area (Å²) < 4.78 is 6.98. The standard InChI is InChI=1S/C17H22N4O3S/c1-24-9-7-19-5-2-3-17(15(19)23)4-6-21(12-17)14(22)13-11-20-8-10-25-16(20)18-13/h8,10-11H,2-7,9,12H2,1H3/t17-/m1/s1. The summed E-state index contributed by atoms with van der Waals surface area (Å²) in [4.78, 5) is 34.7. The summed E-state index contributed by atoms with van der Waals surface area (Å²) in [6, 6.07) is 0. The fourth-order valence-electron chi connectivity index (χ4n) is 3.98. The van der Waals surface area contributed by atoms with Gasteiger partial charge in [0.05, 0.1) is 12.0 Å². The molecule has 25 heavy (non-hydrogen) atoms. The van der Waals surface area contributed by atoms with E-state index in [2.05, 4.69) is 4.98 Å². The number of imidazole rings is 1. The first-order valence-corrected chi connectivity index (χ1v) is 9.51. The zero-order valence-electron chi connectivity index (χ0n) is 14.3. The van der Waals surface area contributed by atoms with Crippen LogP contribution < -0.4 is 0 Å². The summed E-state index contributed by atoms with van der Waals surface area (Å²) in [6.07, 6.45) is 6.25. The Bertz CT molecular complexity index is 772. The van der Waals surface area contributed by atoms with E-state index in [1.807, 2.05) is 20.9 Å². The van der Waals surface area contributed by atoms with Crippen molar-refractivity contribution in [2.75, 3.05) is 39.9 Å². The van der Waals surface area contributed by atoms with E-state index < -0.39 is 5.41 Å². The van der Waals surface area contributed by atoms with Gasteiger partial charge in [-0.05, 0) is 19.3 Å². The molecular formula is C17H22N4O3S. The summed E-state index contributed by atoms with van der Waals surface area (Å²) in [5.74, 6) is 0.103. The lowest BCUT2D eigenvalue weighted by molar-refractivity contribution is -0.146. The Morgan fingerprint density at radius 2 is 2.28 bits per heavy atom. The molecule has 7 nitrogen and oxygen atoms in total. The molecule has 0 N–H and O–H groups in total. The van der Waals surface area contributed by atoms with Crippen molar-refractivity contribution >= 4 is 28.1 Å². The Kier molecular flexibility index (Phi) is 4.24. The normalized spacial score (nSPS) is 24.0. The highest BCUT2D eigenvalue weighted by atomic mass is 32.1. The highest BCUT2D eigenvalue weighted by Crippen LogP contribution is 2.40. The van der Waals surface area contributed by atoms with Crippen molar-refractivity contribution in [2.45, 2.75) is 19.3 Å². The number of carbonyl (C=O) groups excluding carboxylic acids is 2. The van der Waals surface area contributed by atoms with Crippen molar-refractivity contribution in [1.82, 2.24) is 19.2 Å². The van der Waals surface area contributed by atoms with Gasteiger partial charge < -0.3 is 14.5 Å². The van der Waals surface area contributed by atoms with Crippen LogP contribution in [0.5, 0.6) is 0 Å². The summed E-state index contributed by atoms with van der Waals surface area (Å²) >= 11 is 1.51. The number of thiazole rings is 1. The van der Waals surface area contributed by atoms with Gasteiger partial charge in [0.1, 0.15) is 5.69 Å². The van der Waals surface area contributed by atoms with Gasteiger partial charge in [-0.2, -0.15) is 0 Å². The summed E-state index contributed by atoms with van der Waals surface area (Å²) in [5, 5.41) is 1.94. The predicted octanol–water partition coefficient (Wildman–Crippen LogP) is 1.50. The second kappa shape index (κ2) is 6.42. The molecule has 2 fully saturated rings. The Morgan fingerprint density at radius 1 is 1.40 bits per heavy atom. The number of rotatable bonds is 4. The predicted molar refractivity (Wildman–Crippen MR) is 93.7 cm³/mol. The maximum Gasteiger partial charge on any atom is 0.274 e. The van der Waals surface area contributed by atoms with Crippen LogP contribution in [0.1, 0.15) is 29.8 Å². The van der Waals surface area contributed by atoms with Gasteiger partial charge in [-0.3, -0.25) is 14.0 Å². The van der Waals surface area contributed by atoms with Crippen LogP contribution in [0, 0.1) is 5.41 Å². The molecule has 2 aromatic rings. The number of hydrogen-bond acceptors (Lipinski definition) is 5. The quantitative estimate of drug-likeness (QED) is 0.827. The monoisotopic (exact) mass is 362 g/mol. The maximum atomic E-state index is 13.0. The third-order valence-corrected chi connectivity index (χ3v) is 6.11. The van der Waals surface area contributed by atoms with Gasteiger partial charge in [0.25, 0.3) is 5.91 Å². The van der Waals surface area contributed by atoms with E-state index in [0.717, 1.165) is 30.8 Å². The molecule has 2 amide bonds. The first-order chi connectivity index (χ1) is 12.1. The van der Waals surface area contributed by atoms with Crippen molar-refractivity contribution in [3.63, 3.8) is 0 Å². The lowest BCUT2D eigenvalue weighted by atomic mass is 9.78. The number of hydrogen-bond donors (Lipinski definition) is 0. The van der Waals surface area contributed by atoms with Crippen molar-refractivity contribution in [3.05, 3.63) is 23.5 Å². The molecule has 1 spiro atoms. The van der Waals surface area contributed by atoms with Gasteiger partial charge >= 0.3 is 0 Å². The number of carbonyl (C=O) groups is 2. The number of aromatic nitrogens is 2. The third kappa shape index (κ3) is 2.83. The van der Waals surface area contributed by atoms with Crippen LogP contribution in [0.2, 0.25) is 0 Å². The largest absolute Gasteiger partial charge is 0.383 e. The highest BCUT2D eigenvalue weighted by molar-refractivity contribution is 7.15. The minimum absolute atomic E-state index is 0.0745. The summed E-state index contributed by atoms with van der Waals surface area (Å²) in [7, 11) is 1.65. The summed E-state index contributed by atoms with van der Waals surface area (Å²) in [6.45, 7) is 3.08. The molecule has 2 saturated heterocycles. The van der Waals surface area contributed by atoms with Gasteiger partial charge in [0, 0.05) is 51.1 Å². The van der Waals surface area contributed by atoms with Crippen LogP contribution in [-0.2, 0) is 9.53 Å². The molecule has 0 unspecified atom stereocenters. The zero-order chi connectivity index (χ0) is 17.4. The molecule has 4 rings (SSSR count). The Hall–Kier alpha value is -1.93. The molecule has 2 aliphatic rings. The second-order valence-electron chi connectivity index (χ2n) is 6.86. The van der Waals surface area contributed by atoms with Gasteiger partial charge in [0.2, 0.25) is 5.91 Å². The van der Waals surface area contributed by atoms with Crippen molar-refractivity contribution in [2.24, 2.45) is 5.41 Å². The maximum absolute atomic E-state index is 13.0. The lowest BCUT2D eigenvalue weighted by Crippen LogP contribution is -2.51. The fraction of sp³-hybridized carbons (Fsp3) is 0.588. The SMILES string of the molecule is COCCN1CCC[C@]2(CCN(C(=O)c3cn4ccsc4n3)C2)C1=O. The molecule has 1 atom stereocenters. The first-order valence-electron chi connectivity index (χ1n) is 8.63. The molecule has 0 bridgehead atoms. The topological polar surface area (TPSA) is 67.2 Å². The Morgan fingerprint density at radius 3 is 3.08 bits per heavy atom. The molecular weight excluding hydrogens is 340 g/mol. The zero-order valence-corrected chi connectivity index (χ0v) is 15.1. The average Bonchev–Trinajstić information content (AvgIpc) is 3.30. The Balaban J connectivity index is 1.48. The number of fused-ring (bicyclic) bond motifs is 1. The van der Waals surface area contributed by atoms with Crippen molar-refractivity contribution < 1.29 is 14.3 Å². The number of amides is 2. The van der Waals surface area contributed by atoms with E-state index in [-0.39, 0.29) is 11.8 Å². The van der Waals surface area contributed by atoms with Crippen LogP contribution in [0.4, 0.5) is 0 Å². The molecule has 134 valence electrons. The number of methoxy groups -OCH3 is 1. The van der Waals surface area contributed by atoms with E-state index in [0.29, 0.717) is 31.9 Å². The van der Waals surface area contributed by atoms with E-state index >= 15 is 0 Å². The molecule has 4 heterocycles. The van der Waals surface area contributed by atoms with Crippen molar-refractivity contribution in [3.8, 4) is 0 Å². The minimum atomic E-state index is -0.418. The molecule has 2 aromatic heterocycles. The highest BCUT2D eigenvalue weighted by Gasteiger charge is 2.49. The second-order valence-corrected chi connectivity index (χ2v) is 7.74. The third-order valence-electron chi connectivity index (χ3n) is 5.34. The van der Waals surface area contributed by atoms with Crippen LogP contribution in [0.25, 0.3) is 4.96 Å². The molecule has 8 heteroatoms. The van der Waals surface area contributed by atoms with Gasteiger partial charge in [-0.25, -0.2) is 4.98 Å². The van der Waals surface area contributed by atoms with E-state index in [1.165, 1.54) is 11.3 Å². The molecule has 0 aromatic carbocycles. The van der Waals surface area contributed by atoms with Crippen LogP contribution in [-0.4, -0.2) is 70.9 Å². The van der Waals surface area contributed by atoms with Gasteiger partial charge in [-0.1, -0.05) is 0 Å². The smallest absolute Gasteiger partial charge is 0.274 e. The molecule has 0 saturated carbocycles. The van der Waals surface area contributed by atoms with Gasteiger partial charge in [0.15, 0.2) is 4.96 Å². The Labute approximate surface area is 150 Å². The number of piperidine rings is 1. The fourth-order valence-corrected chi connectivity index (χ4v) is 4.68. The molecule has 0 aliphatic carbocycles. The average molecular weight is 362 g/mol.